The zero-order chi connectivity index (χ0) is 22.8. The highest BCUT2D eigenvalue weighted by Crippen LogP contribution is 2.26. The molecule has 0 aromatic heterocycles. The Bertz CT molecular complexity index is 1240. The first-order chi connectivity index (χ1) is 14.5. The molecule has 0 bridgehead atoms. The first-order valence-electron chi connectivity index (χ1n) is 9.90. The molecule has 0 saturated heterocycles. The fourth-order valence-electron chi connectivity index (χ4n) is 3.55. The third kappa shape index (κ3) is 4.94. The molecule has 31 heavy (non-hydrogen) atoms. The van der Waals surface area contributed by atoms with Gasteiger partial charge in [-0.2, -0.15) is 0 Å². The van der Waals surface area contributed by atoms with Gasteiger partial charge in [0.25, 0.3) is 5.91 Å². The van der Waals surface area contributed by atoms with Gasteiger partial charge in [-0.15, -0.1) is 0 Å². The van der Waals surface area contributed by atoms with E-state index in [-0.39, 0.29) is 16.8 Å². The van der Waals surface area contributed by atoms with Crippen LogP contribution in [0.3, 0.4) is 0 Å². The average Bonchev–Trinajstić information content (AvgIpc) is 2.72. The molecule has 0 aliphatic heterocycles. The SMILES string of the molecule is CC(=O)NC(C)(C(=O)NC(C)c1ccc2ccccc2c1)c1ccc(S(C)(=O)=O)cc1. The molecule has 0 heterocycles. The van der Waals surface area contributed by atoms with Crippen molar-refractivity contribution in [2.45, 2.75) is 37.2 Å². The molecule has 0 aliphatic carbocycles. The summed E-state index contributed by atoms with van der Waals surface area (Å²) < 4.78 is 23.5. The molecule has 3 aromatic carbocycles. The molecule has 0 aliphatic rings. The van der Waals surface area contributed by atoms with Crippen molar-refractivity contribution >= 4 is 32.4 Å². The summed E-state index contributed by atoms with van der Waals surface area (Å²) in [5.74, 6) is -0.765. The van der Waals surface area contributed by atoms with E-state index in [1.807, 2.05) is 49.4 Å². The summed E-state index contributed by atoms with van der Waals surface area (Å²) in [4.78, 5) is 25.3. The monoisotopic (exact) mass is 438 g/mol. The smallest absolute Gasteiger partial charge is 0.250 e. The molecule has 0 radical (unpaired) electrons. The van der Waals surface area contributed by atoms with Crippen LogP contribution < -0.4 is 10.6 Å². The Morgan fingerprint density at radius 1 is 0.935 bits per heavy atom. The van der Waals surface area contributed by atoms with Gasteiger partial charge in [0.15, 0.2) is 9.84 Å². The van der Waals surface area contributed by atoms with Gasteiger partial charge in [0.05, 0.1) is 10.9 Å². The summed E-state index contributed by atoms with van der Waals surface area (Å²) in [5, 5.41) is 7.88. The second kappa shape index (κ2) is 8.51. The summed E-state index contributed by atoms with van der Waals surface area (Å²) in [6.45, 7) is 4.82. The van der Waals surface area contributed by atoms with Gasteiger partial charge in [-0.25, -0.2) is 8.42 Å². The number of carbonyl (C=O) groups excluding carboxylic acids is 2. The summed E-state index contributed by atoms with van der Waals surface area (Å²) in [5.41, 5.74) is 0.0513. The number of benzene rings is 3. The zero-order valence-corrected chi connectivity index (χ0v) is 18.8. The van der Waals surface area contributed by atoms with E-state index in [4.69, 9.17) is 0 Å². The number of amides is 2. The van der Waals surface area contributed by atoms with Gasteiger partial charge in [0.1, 0.15) is 5.54 Å². The summed E-state index contributed by atoms with van der Waals surface area (Å²) in [7, 11) is -3.37. The van der Waals surface area contributed by atoms with E-state index in [1.54, 1.807) is 19.1 Å². The Hall–Kier alpha value is -3.19. The fraction of sp³-hybridized carbons (Fsp3) is 0.250. The van der Waals surface area contributed by atoms with Crippen LogP contribution in [0.2, 0.25) is 0 Å². The van der Waals surface area contributed by atoms with E-state index in [0.29, 0.717) is 5.56 Å². The number of hydrogen-bond acceptors (Lipinski definition) is 4. The van der Waals surface area contributed by atoms with Gasteiger partial charge in [0.2, 0.25) is 5.91 Å². The van der Waals surface area contributed by atoms with Crippen molar-refractivity contribution in [1.29, 1.82) is 0 Å². The molecular formula is C24H26N2O4S. The van der Waals surface area contributed by atoms with Gasteiger partial charge >= 0.3 is 0 Å². The molecule has 3 aromatic rings. The second-order valence-corrected chi connectivity index (χ2v) is 9.92. The molecule has 0 fully saturated rings. The van der Waals surface area contributed by atoms with Crippen LogP contribution in [0.15, 0.2) is 71.6 Å². The van der Waals surface area contributed by atoms with Crippen molar-refractivity contribution in [3.8, 4) is 0 Å². The molecule has 0 saturated carbocycles. The number of rotatable bonds is 6. The molecule has 2 unspecified atom stereocenters. The van der Waals surface area contributed by atoms with E-state index < -0.39 is 21.3 Å². The van der Waals surface area contributed by atoms with Crippen molar-refractivity contribution in [1.82, 2.24) is 10.6 Å². The molecule has 3 rings (SSSR count). The summed E-state index contributed by atoms with van der Waals surface area (Å²) >= 11 is 0. The molecule has 7 heteroatoms. The predicted octanol–water partition coefficient (Wildman–Crippen LogP) is 3.47. The number of nitrogens with one attached hydrogen (secondary N) is 2. The summed E-state index contributed by atoms with van der Waals surface area (Å²) in [6, 6.07) is 19.6. The van der Waals surface area contributed by atoms with E-state index in [0.717, 1.165) is 22.6 Å². The van der Waals surface area contributed by atoms with Gasteiger partial charge in [-0.3, -0.25) is 9.59 Å². The lowest BCUT2D eigenvalue weighted by Crippen LogP contribution is -2.54. The Balaban J connectivity index is 1.90. The Kier molecular flexibility index (Phi) is 6.18. The highest BCUT2D eigenvalue weighted by Gasteiger charge is 2.37. The van der Waals surface area contributed by atoms with Crippen molar-refractivity contribution in [2.75, 3.05) is 6.26 Å². The van der Waals surface area contributed by atoms with Crippen molar-refractivity contribution in [3.05, 3.63) is 77.9 Å². The largest absolute Gasteiger partial charge is 0.347 e. The number of carbonyl (C=O) groups is 2. The van der Waals surface area contributed by atoms with Crippen LogP contribution in [0, 0.1) is 0 Å². The quantitative estimate of drug-likeness (QED) is 0.616. The van der Waals surface area contributed by atoms with Gasteiger partial charge < -0.3 is 10.6 Å². The maximum absolute atomic E-state index is 13.3. The molecule has 6 nitrogen and oxygen atoms in total. The topological polar surface area (TPSA) is 92.3 Å². The van der Waals surface area contributed by atoms with E-state index in [9.17, 15) is 18.0 Å². The third-order valence-electron chi connectivity index (χ3n) is 5.36. The zero-order valence-electron chi connectivity index (χ0n) is 18.0. The van der Waals surface area contributed by atoms with Gasteiger partial charge in [-0.1, -0.05) is 48.5 Å². The van der Waals surface area contributed by atoms with E-state index >= 15 is 0 Å². The van der Waals surface area contributed by atoms with E-state index in [2.05, 4.69) is 10.6 Å². The lowest BCUT2D eigenvalue weighted by atomic mass is 9.90. The van der Waals surface area contributed by atoms with Gasteiger partial charge in [0, 0.05) is 13.2 Å². The van der Waals surface area contributed by atoms with E-state index in [1.165, 1.54) is 19.1 Å². The lowest BCUT2D eigenvalue weighted by molar-refractivity contribution is -0.133. The van der Waals surface area contributed by atoms with Crippen molar-refractivity contribution in [3.63, 3.8) is 0 Å². The number of hydrogen-bond donors (Lipinski definition) is 2. The Morgan fingerprint density at radius 3 is 2.13 bits per heavy atom. The molecule has 162 valence electrons. The minimum atomic E-state index is -3.37. The Labute approximate surface area is 182 Å². The van der Waals surface area contributed by atoms with Crippen LogP contribution in [0.25, 0.3) is 10.8 Å². The minimum Gasteiger partial charge on any atom is -0.347 e. The first kappa shape index (κ1) is 22.5. The maximum Gasteiger partial charge on any atom is 0.250 e. The van der Waals surface area contributed by atoms with Crippen LogP contribution in [0.1, 0.15) is 37.9 Å². The van der Waals surface area contributed by atoms with Gasteiger partial charge in [-0.05, 0) is 53.9 Å². The third-order valence-corrected chi connectivity index (χ3v) is 6.49. The summed E-state index contributed by atoms with van der Waals surface area (Å²) in [6.07, 6.45) is 1.12. The van der Waals surface area contributed by atoms with Crippen molar-refractivity contribution < 1.29 is 18.0 Å². The first-order valence-corrected chi connectivity index (χ1v) is 11.8. The van der Waals surface area contributed by atoms with Crippen LogP contribution in [0.5, 0.6) is 0 Å². The van der Waals surface area contributed by atoms with Crippen molar-refractivity contribution in [2.24, 2.45) is 0 Å². The molecule has 2 atom stereocenters. The number of fused-ring (bicyclic) bond motifs is 1. The number of sulfone groups is 1. The normalized spacial score (nSPS) is 14.5. The molecule has 0 spiro atoms. The molecule has 2 amide bonds. The minimum absolute atomic E-state index is 0.145. The lowest BCUT2D eigenvalue weighted by Gasteiger charge is -2.31. The van der Waals surface area contributed by atoms with Crippen LogP contribution in [0.4, 0.5) is 0 Å². The molecule has 2 N–H and O–H groups in total. The second-order valence-electron chi connectivity index (χ2n) is 7.90. The maximum atomic E-state index is 13.3. The average molecular weight is 439 g/mol. The standard InChI is InChI=1S/C24H26N2O4S/c1-16(19-10-9-18-7-5-6-8-20(18)15-19)25-23(28)24(3,26-17(2)27)21-11-13-22(14-12-21)31(4,29)30/h5-16H,1-4H3,(H,25,28)(H,26,27). The van der Waals surface area contributed by atoms with Crippen LogP contribution >= 0.6 is 0 Å². The highest BCUT2D eigenvalue weighted by molar-refractivity contribution is 7.90. The predicted molar refractivity (Wildman–Crippen MR) is 121 cm³/mol. The fourth-order valence-corrected chi connectivity index (χ4v) is 4.18. The molecular weight excluding hydrogens is 412 g/mol. The highest BCUT2D eigenvalue weighted by atomic mass is 32.2. The van der Waals surface area contributed by atoms with Crippen LogP contribution in [-0.2, 0) is 25.0 Å². The van der Waals surface area contributed by atoms with Crippen LogP contribution in [-0.4, -0.2) is 26.5 Å². The Morgan fingerprint density at radius 2 is 1.55 bits per heavy atom.